The van der Waals surface area contributed by atoms with Gasteiger partial charge in [-0.25, -0.2) is 4.98 Å². The number of halogens is 3. The Morgan fingerprint density at radius 2 is 1.76 bits per heavy atom. The van der Waals surface area contributed by atoms with Crippen molar-refractivity contribution in [3.63, 3.8) is 0 Å². The maximum atomic E-state index is 12.7. The lowest BCUT2D eigenvalue weighted by molar-refractivity contribution is -0.137. The van der Waals surface area contributed by atoms with Crippen LogP contribution in [0.3, 0.4) is 0 Å². The van der Waals surface area contributed by atoms with Gasteiger partial charge in [0, 0.05) is 38.1 Å². The van der Waals surface area contributed by atoms with Crippen LogP contribution in [-0.4, -0.2) is 51.0 Å². The zero-order valence-electron chi connectivity index (χ0n) is 18.2. The number of rotatable bonds is 6. The standard InChI is InChI=1S/C22H25F3N8/c1-2-15-5-3-4-6-17(15)28-21-30-18(29-20(26)31-21)14-32-9-11-33(12-10-32)19-8-7-16(13-27-19)22(23,24)25/h3-8,13H,2,9-12,14H2,1H3,(H3,26,28,29,30,31). The summed E-state index contributed by atoms with van der Waals surface area (Å²) in [7, 11) is 0. The van der Waals surface area contributed by atoms with Gasteiger partial charge in [-0.05, 0) is 30.2 Å². The van der Waals surface area contributed by atoms with Crippen molar-refractivity contribution in [1.82, 2.24) is 24.8 Å². The summed E-state index contributed by atoms with van der Waals surface area (Å²) in [5.74, 6) is 1.63. The van der Waals surface area contributed by atoms with Gasteiger partial charge in [-0.15, -0.1) is 0 Å². The SMILES string of the molecule is CCc1ccccc1Nc1nc(N)nc(CN2CCN(c3ccc(C(F)(F)F)cn3)CC2)n1. The molecule has 3 heterocycles. The van der Waals surface area contributed by atoms with Gasteiger partial charge in [0.25, 0.3) is 0 Å². The van der Waals surface area contributed by atoms with Crippen LogP contribution in [0.15, 0.2) is 42.6 Å². The number of piperazine rings is 1. The number of nitrogens with two attached hydrogens (primary N) is 1. The van der Waals surface area contributed by atoms with E-state index in [1.54, 1.807) is 0 Å². The molecule has 3 aromatic rings. The maximum absolute atomic E-state index is 12.7. The summed E-state index contributed by atoms with van der Waals surface area (Å²) in [6, 6.07) is 10.4. The summed E-state index contributed by atoms with van der Waals surface area (Å²) < 4.78 is 38.2. The zero-order chi connectivity index (χ0) is 23.4. The van der Waals surface area contributed by atoms with Gasteiger partial charge in [-0.1, -0.05) is 25.1 Å². The molecular formula is C22H25F3N8. The van der Waals surface area contributed by atoms with Crippen LogP contribution in [0.4, 0.5) is 36.6 Å². The molecule has 2 aromatic heterocycles. The van der Waals surface area contributed by atoms with Crippen molar-refractivity contribution in [2.45, 2.75) is 26.1 Å². The molecule has 0 spiro atoms. The summed E-state index contributed by atoms with van der Waals surface area (Å²) in [6.07, 6.45) is -2.64. The number of nitrogens with one attached hydrogen (secondary N) is 1. The third kappa shape index (κ3) is 5.67. The van der Waals surface area contributed by atoms with E-state index in [1.807, 2.05) is 29.2 Å². The fourth-order valence-electron chi connectivity index (χ4n) is 3.71. The lowest BCUT2D eigenvalue weighted by atomic mass is 10.1. The van der Waals surface area contributed by atoms with E-state index >= 15 is 0 Å². The van der Waals surface area contributed by atoms with Gasteiger partial charge in [-0.3, -0.25) is 4.90 Å². The molecule has 1 aromatic carbocycles. The van der Waals surface area contributed by atoms with E-state index in [9.17, 15) is 13.2 Å². The minimum Gasteiger partial charge on any atom is -0.368 e. The molecule has 33 heavy (non-hydrogen) atoms. The largest absolute Gasteiger partial charge is 0.417 e. The molecule has 8 nitrogen and oxygen atoms in total. The fraction of sp³-hybridized carbons (Fsp3) is 0.364. The molecular weight excluding hydrogens is 433 g/mol. The number of benzene rings is 1. The number of aromatic nitrogens is 4. The van der Waals surface area contributed by atoms with E-state index in [0.717, 1.165) is 29.9 Å². The fourth-order valence-corrected chi connectivity index (χ4v) is 3.71. The first-order valence-electron chi connectivity index (χ1n) is 10.7. The molecule has 1 aliphatic heterocycles. The first kappa shape index (κ1) is 22.7. The van der Waals surface area contributed by atoms with E-state index in [4.69, 9.17) is 5.73 Å². The average Bonchev–Trinajstić information content (AvgIpc) is 2.79. The lowest BCUT2D eigenvalue weighted by Crippen LogP contribution is -2.46. The molecule has 11 heteroatoms. The maximum Gasteiger partial charge on any atom is 0.417 e. The molecule has 0 amide bonds. The van der Waals surface area contributed by atoms with Crippen molar-refractivity contribution in [2.75, 3.05) is 42.1 Å². The predicted molar refractivity (Wildman–Crippen MR) is 120 cm³/mol. The summed E-state index contributed by atoms with van der Waals surface area (Å²) in [6.45, 7) is 5.21. The third-order valence-electron chi connectivity index (χ3n) is 5.48. The van der Waals surface area contributed by atoms with E-state index < -0.39 is 11.7 Å². The van der Waals surface area contributed by atoms with Crippen LogP contribution in [0.1, 0.15) is 23.9 Å². The number of pyridine rings is 1. The van der Waals surface area contributed by atoms with E-state index in [1.165, 1.54) is 6.07 Å². The van der Waals surface area contributed by atoms with Gasteiger partial charge in [0.2, 0.25) is 11.9 Å². The molecule has 0 bridgehead atoms. The molecule has 1 saturated heterocycles. The lowest BCUT2D eigenvalue weighted by Gasteiger charge is -2.35. The molecule has 0 saturated carbocycles. The number of anilines is 4. The Morgan fingerprint density at radius 3 is 2.42 bits per heavy atom. The van der Waals surface area contributed by atoms with Crippen molar-refractivity contribution < 1.29 is 13.2 Å². The number of aryl methyl sites for hydroxylation is 1. The zero-order valence-corrected chi connectivity index (χ0v) is 18.2. The van der Waals surface area contributed by atoms with Crippen molar-refractivity contribution in [2.24, 2.45) is 0 Å². The Hall–Kier alpha value is -3.47. The van der Waals surface area contributed by atoms with E-state index in [0.29, 0.717) is 50.3 Å². The van der Waals surface area contributed by atoms with Gasteiger partial charge < -0.3 is 16.0 Å². The Bertz CT molecular complexity index is 1080. The third-order valence-corrected chi connectivity index (χ3v) is 5.48. The summed E-state index contributed by atoms with van der Waals surface area (Å²) in [5, 5.41) is 3.23. The van der Waals surface area contributed by atoms with Gasteiger partial charge in [0.1, 0.15) is 11.6 Å². The Balaban J connectivity index is 1.37. The van der Waals surface area contributed by atoms with Gasteiger partial charge in [0.15, 0.2) is 0 Å². The molecule has 174 valence electrons. The van der Waals surface area contributed by atoms with Crippen LogP contribution in [0, 0.1) is 0 Å². The highest BCUT2D eigenvalue weighted by molar-refractivity contribution is 5.58. The van der Waals surface area contributed by atoms with Crippen LogP contribution in [0.5, 0.6) is 0 Å². The Morgan fingerprint density at radius 1 is 1.00 bits per heavy atom. The van der Waals surface area contributed by atoms with Crippen molar-refractivity contribution in [3.05, 3.63) is 59.5 Å². The van der Waals surface area contributed by atoms with Crippen molar-refractivity contribution in [3.8, 4) is 0 Å². The topological polar surface area (TPSA) is 96.1 Å². The molecule has 4 rings (SSSR count). The minimum atomic E-state index is -4.39. The molecule has 1 fully saturated rings. The monoisotopic (exact) mass is 458 g/mol. The molecule has 0 atom stereocenters. The number of nitrogen functional groups attached to an aromatic ring is 1. The highest BCUT2D eigenvalue weighted by Crippen LogP contribution is 2.29. The first-order valence-corrected chi connectivity index (χ1v) is 10.7. The number of alkyl halides is 3. The minimum absolute atomic E-state index is 0.143. The van der Waals surface area contributed by atoms with Crippen LogP contribution in [0.2, 0.25) is 0 Å². The number of hydrogen-bond acceptors (Lipinski definition) is 8. The predicted octanol–water partition coefficient (Wildman–Crippen LogP) is 3.50. The molecule has 3 N–H and O–H groups in total. The summed E-state index contributed by atoms with van der Waals surface area (Å²) in [5.41, 5.74) is 7.23. The van der Waals surface area contributed by atoms with E-state index in [2.05, 4.69) is 37.1 Å². The highest BCUT2D eigenvalue weighted by Gasteiger charge is 2.31. The van der Waals surface area contributed by atoms with Gasteiger partial charge in [0.05, 0.1) is 12.1 Å². The second-order valence-electron chi connectivity index (χ2n) is 7.74. The number of hydrogen-bond donors (Lipinski definition) is 2. The molecule has 0 aliphatic carbocycles. The Labute approximate surface area is 189 Å². The van der Waals surface area contributed by atoms with Crippen molar-refractivity contribution >= 4 is 23.4 Å². The van der Waals surface area contributed by atoms with Crippen molar-refractivity contribution in [1.29, 1.82) is 0 Å². The number of para-hydroxylation sites is 1. The summed E-state index contributed by atoms with van der Waals surface area (Å²) in [4.78, 5) is 21.1. The smallest absolute Gasteiger partial charge is 0.368 e. The number of nitrogens with zero attached hydrogens (tertiary/aromatic N) is 6. The summed E-state index contributed by atoms with van der Waals surface area (Å²) >= 11 is 0. The van der Waals surface area contributed by atoms with Crippen LogP contribution >= 0.6 is 0 Å². The van der Waals surface area contributed by atoms with Crippen LogP contribution in [-0.2, 0) is 19.1 Å². The van der Waals surface area contributed by atoms with Crippen LogP contribution < -0.4 is 16.0 Å². The quantitative estimate of drug-likeness (QED) is 0.580. The average molecular weight is 458 g/mol. The van der Waals surface area contributed by atoms with E-state index in [-0.39, 0.29) is 5.95 Å². The van der Waals surface area contributed by atoms with Crippen LogP contribution in [0.25, 0.3) is 0 Å². The normalized spacial score (nSPS) is 15.0. The molecule has 0 radical (unpaired) electrons. The second-order valence-corrected chi connectivity index (χ2v) is 7.74. The first-order chi connectivity index (χ1) is 15.8. The Kier molecular flexibility index (Phi) is 6.59. The molecule has 0 unspecified atom stereocenters. The second kappa shape index (κ2) is 9.57. The highest BCUT2D eigenvalue weighted by atomic mass is 19.4. The van der Waals surface area contributed by atoms with Gasteiger partial charge >= 0.3 is 6.18 Å². The molecule has 1 aliphatic rings. The van der Waals surface area contributed by atoms with Gasteiger partial charge in [-0.2, -0.15) is 28.1 Å².